The average Bonchev–Trinajstić information content (AvgIpc) is 4.06. The van der Waals surface area contributed by atoms with Crippen LogP contribution in [-0.4, -0.2) is 112 Å². The molecule has 2 aliphatic heterocycles. The zero-order chi connectivity index (χ0) is 48.0. The molecule has 15 nitrogen and oxygen atoms in total. The number of carbonyl (C=O) groups is 4. The van der Waals surface area contributed by atoms with Crippen LogP contribution in [0.2, 0.25) is 5.02 Å². The molecule has 1 saturated heterocycles. The van der Waals surface area contributed by atoms with E-state index >= 15 is 0 Å². The maximum atomic E-state index is 14.0. The molecule has 0 bridgehead atoms. The highest BCUT2D eigenvalue weighted by Gasteiger charge is 2.44. The summed E-state index contributed by atoms with van der Waals surface area (Å²) in [6, 6.07) is 13.2. The number of amides is 4. The molecule has 2 unspecified atom stereocenters. The second-order valence-electron chi connectivity index (χ2n) is 18.5. The Morgan fingerprint density at radius 3 is 2.34 bits per heavy atom. The quantitative estimate of drug-likeness (QED) is 0.0807. The second-order valence-corrected chi connectivity index (χ2v) is 19.8. The third-order valence-electron chi connectivity index (χ3n) is 12.4. The van der Waals surface area contributed by atoms with E-state index in [0.29, 0.717) is 24.6 Å². The van der Waals surface area contributed by atoms with Gasteiger partial charge in [0, 0.05) is 67.5 Å². The molecular weight excluding hydrogens is 892 g/mol. The highest BCUT2D eigenvalue weighted by molar-refractivity contribution is 7.13. The summed E-state index contributed by atoms with van der Waals surface area (Å²) in [6.45, 7) is 14.8. The Bertz CT molecular complexity index is 2560. The van der Waals surface area contributed by atoms with Gasteiger partial charge in [0.2, 0.25) is 23.6 Å². The number of rotatable bonds is 18. The number of benzene rings is 2. The summed E-state index contributed by atoms with van der Waals surface area (Å²) in [7, 11) is 0. The van der Waals surface area contributed by atoms with Gasteiger partial charge in [0.25, 0.3) is 0 Å². The molecule has 4 atom stereocenters. The number of nitrogens with one attached hydrogen (secondary N) is 3. The Morgan fingerprint density at radius 1 is 0.925 bits per heavy atom. The molecule has 1 fully saturated rings. The maximum absolute atomic E-state index is 14.0. The molecule has 7 rings (SSSR count). The Kier molecular flexibility index (Phi) is 15.9. The van der Waals surface area contributed by atoms with Crippen molar-refractivity contribution in [2.45, 2.75) is 105 Å². The van der Waals surface area contributed by atoms with E-state index in [2.05, 4.69) is 44.3 Å². The van der Waals surface area contributed by atoms with E-state index < -0.39 is 41.5 Å². The van der Waals surface area contributed by atoms with Crippen LogP contribution in [0.4, 0.5) is 0 Å². The van der Waals surface area contributed by atoms with Crippen molar-refractivity contribution in [1.29, 1.82) is 0 Å². The predicted octanol–water partition coefficient (Wildman–Crippen LogP) is 6.51. The van der Waals surface area contributed by atoms with Crippen LogP contribution in [0.5, 0.6) is 0 Å². The number of nitrogens with zero attached hydrogens (tertiary/aromatic N) is 5. The number of likely N-dealkylation sites (tertiary alicyclic amines) is 1. The van der Waals surface area contributed by atoms with Gasteiger partial charge in [0.1, 0.15) is 30.6 Å². The van der Waals surface area contributed by atoms with Crippen molar-refractivity contribution >= 4 is 58.0 Å². The molecule has 3 aliphatic rings. The van der Waals surface area contributed by atoms with E-state index in [-0.39, 0.29) is 57.6 Å². The Balaban J connectivity index is 0.830. The number of thiazole rings is 1. The van der Waals surface area contributed by atoms with Crippen molar-refractivity contribution in [2.24, 2.45) is 10.4 Å². The van der Waals surface area contributed by atoms with Gasteiger partial charge in [-0.3, -0.25) is 24.2 Å². The lowest BCUT2D eigenvalue weighted by atomic mass is 9.85. The number of fused-ring (bicyclic) bond motifs is 2. The summed E-state index contributed by atoms with van der Waals surface area (Å²) >= 11 is 7.82. The summed E-state index contributed by atoms with van der Waals surface area (Å²) in [4.78, 5) is 70.5. The number of halogens is 1. The molecule has 4 aromatic rings. The van der Waals surface area contributed by atoms with E-state index in [1.807, 2.05) is 94.9 Å². The fraction of sp³-hybridized carbons (Fsp3) is 0.460. The van der Waals surface area contributed by atoms with Gasteiger partial charge in [-0.15, -0.1) is 11.3 Å². The first-order valence-electron chi connectivity index (χ1n) is 22.8. The van der Waals surface area contributed by atoms with Gasteiger partial charge in [-0.05, 0) is 68.4 Å². The number of aryl methyl sites for hydroxylation is 2. The Labute approximate surface area is 401 Å². The van der Waals surface area contributed by atoms with E-state index in [4.69, 9.17) is 26.1 Å². The lowest BCUT2D eigenvalue weighted by Crippen LogP contribution is -2.58. The number of ether oxygens (including phenoxy) is 2. The topological polar surface area (TPSA) is 189 Å². The monoisotopic (exact) mass is 952 g/mol. The number of aliphatic hydroxyl groups excluding tert-OH is 1. The van der Waals surface area contributed by atoms with Gasteiger partial charge in [0.05, 0.1) is 52.8 Å². The van der Waals surface area contributed by atoms with Crippen LogP contribution in [0.15, 0.2) is 82.0 Å². The van der Waals surface area contributed by atoms with Gasteiger partial charge in [-0.2, -0.15) is 0 Å². The maximum Gasteiger partial charge on any atom is 0.246 e. The van der Waals surface area contributed by atoms with E-state index in [9.17, 15) is 24.3 Å². The van der Waals surface area contributed by atoms with Crippen molar-refractivity contribution in [3.8, 4) is 10.4 Å². The van der Waals surface area contributed by atoms with Crippen LogP contribution >= 0.6 is 22.9 Å². The zero-order valence-electron chi connectivity index (χ0n) is 39.3. The number of aliphatic hydroxyl groups is 1. The number of imidazole rings is 1. The van der Waals surface area contributed by atoms with Crippen LogP contribution in [-0.2, 0) is 35.2 Å². The van der Waals surface area contributed by atoms with Crippen LogP contribution in [0.1, 0.15) is 94.7 Å². The van der Waals surface area contributed by atoms with Crippen molar-refractivity contribution in [2.75, 3.05) is 39.5 Å². The number of β-amino-alcohol motifs (C(OH)–C–C–N with tert-alkyl or cyclic N) is 1. The summed E-state index contributed by atoms with van der Waals surface area (Å²) in [6.07, 6.45) is 2.43. The Morgan fingerprint density at radius 2 is 1.64 bits per heavy atom. The molecule has 4 heterocycles. The van der Waals surface area contributed by atoms with Gasteiger partial charge >= 0.3 is 0 Å². The summed E-state index contributed by atoms with van der Waals surface area (Å²) < 4.78 is 13.5. The highest BCUT2D eigenvalue weighted by Crippen LogP contribution is 2.43. The molecule has 356 valence electrons. The van der Waals surface area contributed by atoms with E-state index in [1.54, 1.807) is 11.3 Å². The molecule has 0 spiro atoms. The molecule has 4 N–H and O–H groups in total. The SMILES string of the molecule is CC1=C(C)C2=C(C1)n1c(cnc1C)C(CC(=O)NCCOCCCOCC(=O)N[C@H](C(=O)N1C[C@@H](O)CC1C(=O)NCc1ccc(-c3scnc3C)cc1)C(C)(C)C)N=C2c1ccc(Cl)cc1. The minimum absolute atomic E-state index is 0.0214. The molecular formula is C50H61ClN8O7S. The van der Waals surface area contributed by atoms with Crippen LogP contribution in [0.25, 0.3) is 16.1 Å². The van der Waals surface area contributed by atoms with Gasteiger partial charge < -0.3 is 40.0 Å². The molecule has 4 amide bonds. The lowest BCUT2D eigenvalue weighted by Gasteiger charge is -2.35. The van der Waals surface area contributed by atoms with Crippen LogP contribution < -0.4 is 16.0 Å². The molecule has 0 radical (unpaired) electrons. The molecule has 17 heteroatoms. The molecule has 1 aliphatic carbocycles. The predicted molar refractivity (Wildman–Crippen MR) is 259 cm³/mol. The largest absolute Gasteiger partial charge is 0.391 e. The number of hydrogen-bond donors (Lipinski definition) is 4. The fourth-order valence-electron chi connectivity index (χ4n) is 8.74. The average molecular weight is 954 g/mol. The summed E-state index contributed by atoms with van der Waals surface area (Å²) in [5.41, 5.74) is 11.3. The molecule has 2 aromatic heterocycles. The lowest BCUT2D eigenvalue weighted by molar-refractivity contribution is -0.144. The second kappa shape index (κ2) is 21.6. The van der Waals surface area contributed by atoms with Crippen molar-refractivity contribution in [1.82, 2.24) is 35.4 Å². The first-order chi connectivity index (χ1) is 32.0. The third kappa shape index (κ3) is 11.8. The first kappa shape index (κ1) is 49.4. The number of aliphatic imine (C=N–C) groups is 1. The van der Waals surface area contributed by atoms with Gasteiger partial charge in [0.15, 0.2) is 0 Å². The van der Waals surface area contributed by atoms with Crippen LogP contribution in [0.3, 0.4) is 0 Å². The van der Waals surface area contributed by atoms with E-state index in [0.717, 1.165) is 62.2 Å². The smallest absolute Gasteiger partial charge is 0.246 e. The first-order valence-corrected chi connectivity index (χ1v) is 24.0. The number of aromatic nitrogens is 3. The number of allylic oxidation sites excluding steroid dienone is 4. The summed E-state index contributed by atoms with van der Waals surface area (Å²) in [5, 5.41) is 19.9. The summed E-state index contributed by atoms with van der Waals surface area (Å²) in [5.74, 6) is -0.618. The standard InChI is InChI=1S/C50H61ClN8O7S/c1-29-21-39-44(30(29)2)45(34-13-15-36(51)16-14-34)56-38(41-25-53-32(4)59(39)41)23-42(61)52-17-20-65-18-8-19-66-27-43(62)57-47(50(5,6)7)49(64)58-26-37(60)22-40(58)48(63)54-24-33-9-11-35(12-10-33)46-31(3)55-28-67-46/h9-16,25,28,37-38,40,47,60H,8,17-24,26-27H2,1-7H3,(H,52,61)(H,54,63)(H,57,62)/t37-,38?,40?,47+/m0/s1. The van der Waals surface area contributed by atoms with Crippen molar-refractivity contribution in [3.63, 3.8) is 0 Å². The highest BCUT2D eigenvalue weighted by atomic mass is 35.5. The normalized spacial score (nSPS) is 18.6. The minimum Gasteiger partial charge on any atom is -0.391 e. The van der Waals surface area contributed by atoms with Gasteiger partial charge in [-0.1, -0.05) is 74.3 Å². The molecule has 67 heavy (non-hydrogen) atoms. The molecule has 0 saturated carbocycles. The third-order valence-corrected chi connectivity index (χ3v) is 13.7. The molecule has 2 aromatic carbocycles. The zero-order valence-corrected chi connectivity index (χ0v) is 40.9. The van der Waals surface area contributed by atoms with E-state index in [1.165, 1.54) is 16.0 Å². The van der Waals surface area contributed by atoms with Crippen molar-refractivity contribution < 1.29 is 33.8 Å². The van der Waals surface area contributed by atoms with Crippen LogP contribution in [0, 0.1) is 19.3 Å². The fourth-order valence-corrected chi connectivity index (χ4v) is 9.68. The van der Waals surface area contributed by atoms with Crippen molar-refractivity contribution in [3.05, 3.63) is 110 Å². The Hall–Kier alpha value is -5.52. The number of hydrogen-bond acceptors (Lipinski definition) is 11. The number of carbonyl (C=O) groups excluding carboxylic acids is 4. The van der Waals surface area contributed by atoms with Gasteiger partial charge in [-0.25, -0.2) is 9.97 Å². The minimum atomic E-state index is -0.972.